The minimum Gasteiger partial charge on any atom is -0.383 e. The van der Waals surface area contributed by atoms with Crippen molar-refractivity contribution in [1.29, 1.82) is 0 Å². The van der Waals surface area contributed by atoms with E-state index in [2.05, 4.69) is 10.6 Å². The van der Waals surface area contributed by atoms with Crippen LogP contribution in [0, 0.1) is 5.92 Å². The first-order valence-electron chi connectivity index (χ1n) is 7.54. The van der Waals surface area contributed by atoms with Gasteiger partial charge in [0, 0.05) is 19.6 Å². The molecule has 1 saturated carbocycles. The number of hydrogen-bond donors (Lipinski definition) is 2. The molecule has 0 spiro atoms. The van der Waals surface area contributed by atoms with Gasteiger partial charge in [0.15, 0.2) is 0 Å². The second-order valence-corrected chi connectivity index (χ2v) is 5.59. The predicted molar refractivity (Wildman–Crippen MR) is 80.2 cm³/mol. The molecule has 5 nitrogen and oxygen atoms in total. The summed E-state index contributed by atoms with van der Waals surface area (Å²) in [4.78, 5) is 23.5. The number of nitrogens with one attached hydrogen (secondary N) is 2. The Labute approximate surface area is 137 Å². The molecular formula is C16H19F3N2O3. The Bertz CT molecular complexity index is 604. The highest BCUT2D eigenvalue weighted by molar-refractivity contribution is 5.88. The van der Waals surface area contributed by atoms with Gasteiger partial charge in [-0.1, -0.05) is 18.2 Å². The molecule has 0 heterocycles. The number of carbonyl (C=O) groups is 2. The molecule has 0 bridgehead atoms. The van der Waals surface area contributed by atoms with Gasteiger partial charge in [-0.15, -0.1) is 0 Å². The molecule has 8 heteroatoms. The third-order valence-electron chi connectivity index (χ3n) is 3.84. The maximum Gasteiger partial charge on any atom is 0.416 e. The lowest BCUT2D eigenvalue weighted by Gasteiger charge is -2.12. The lowest BCUT2D eigenvalue weighted by atomic mass is 10.0. The molecule has 0 radical (unpaired) electrons. The van der Waals surface area contributed by atoms with Crippen molar-refractivity contribution in [3.05, 3.63) is 35.4 Å². The van der Waals surface area contributed by atoms with E-state index in [-0.39, 0.29) is 18.0 Å². The van der Waals surface area contributed by atoms with Crippen molar-refractivity contribution in [3.63, 3.8) is 0 Å². The Kier molecular flexibility index (Phi) is 5.82. The lowest BCUT2D eigenvalue weighted by Crippen LogP contribution is -2.38. The van der Waals surface area contributed by atoms with Gasteiger partial charge in [0.1, 0.15) is 0 Å². The summed E-state index contributed by atoms with van der Waals surface area (Å²) in [5.74, 6) is -1.76. The van der Waals surface area contributed by atoms with Crippen LogP contribution in [0.5, 0.6) is 0 Å². The number of ether oxygens (including phenoxy) is 1. The van der Waals surface area contributed by atoms with E-state index in [9.17, 15) is 22.8 Å². The van der Waals surface area contributed by atoms with Crippen LogP contribution in [0.4, 0.5) is 13.2 Å². The number of carbonyl (C=O) groups excluding carboxylic acids is 2. The summed E-state index contributed by atoms with van der Waals surface area (Å²) in [6.07, 6.45) is -4.09. The molecular weight excluding hydrogens is 325 g/mol. The number of rotatable bonds is 7. The summed E-state index contributed by atoms with van der Waals surface area (Å²) >= 11 is 0. The van der Waals surface area contributed by atoms with Crippen molar-refractivity contribution in [2.24, 2.45) is 5.92 Å². The molecule has 2 rings (SSSR count). The van der Waals surface area contributed by atoms with Crippen molar-refractivity contribution in [1.82, 2.24) is 10.6 Å². The molecule has 2 N–H and O–H groups in total. The molecule has 2 amide bonds. The Morgan fingerprint density at radius 2 is 1.96 bits per heavy atom. The van der Waals surface area contributed by atoms with E-state index in [1.165, 1.54) is 25.3 Å². The third-order valence-corrected chi connectivity index (χ3v) is 3.84. The number of hydrogen-bond acceptors (Lipinski definition) is 3. The molecule has 0 aliphatic heterocycles. The van der Waals surface area contributed by atoms with Crippen LogP contribution in [0.15, 0.2) is 24.3 Å². The fourth-order valence-electron chi connectivity index (χ4n) is 2.56. The van der Waals surface area contributed by atoms with E-state index in [0.717, 1.165) is 6.07 Å². The monoisotopic (exact) mass is 344 g/mol. The van der Waals surface area contributed by atoms with E-state index in [1.54, 1.807) is 0 Å². The summed E-state index contributed by atoms with van der Waals surface area (Å²) < 4.78 is 43.8. The zero-order valence-corrected chi connectivity index (χ0v) is 13.2. The molecule has 132 valence electrons. The van der Waals surface area contributed by atoms with Gasteiger partial charge >= 0.3 is 6.18 Å². The van der Waals surface area contributed by atoms with Crippen LogP contribution in [0.1, 0.15) is 23.5 Å². The van der Waals surface area contributed by atoms with E-state index in [4.69, 9.17) is 4.74 Å². The number of benzene rings is 1. The minimum absolute atomic E-state index is 0.134. The van der Waals surface area contributed by atoms with Crippen LogP contribution in [0.25, 0.3) is 0 Å². The summed E-state index contributed by atoms with van der Waals surface area (Å²) in [7, 11) is 1.50. The predicted octanol–water partition coefficient (Wildman–Crippen LogP) is 1.69. The first-order valence-corrected chi connectivity index (χ1v) is 7.54. The van der Waals surface area contributed by atoms with Gasteiger partial charge in [-0.05, 0) is 24.0 Å². The molecule has 0 saturated heterocycles. The SMILES string of the molecule is COCCNC(=O)CNC(=O)C1CC1c1ccccc1C(F)(F)F. The molecule has 24 heavy (non-hydrogen) atoms. The van der Waals surface area contributed by atoms with E-state index < -0.39 is 29.5 Å². The van der Waals surface area contributed by atoms with E-state index in [1.807, 2.05) is 0 Å². The Morgan fingerprint density at radius 1 is 1.25 bits per heavy atom. The maximum atomic E-state index is 13.0. The van der Waals surface area contributed by atoms with Crippen LogP contribution in [-0.4, -0.2) is 38.6 Å². The average Bonchev–Trinajstić information content (AvgIpc) is 3.32. The van der Waals surface area contributed by atoms with Crippen molar-refractivity contribution in [3.8, 4) is 0 Å². The second-order valence-electron chi connectivity index (χ2n) is 5.59. The smallest absolute Gasteiger partial charge is 0.383 e. The molecule has 0 aromatic heterocycles. The molecule has 1 fully saturated rings. The highest BCUT2D eigenvalue weighted by atomic mass is 19.4. The minimum atomic E-state index is -4.44. The summed E-state index contributed by atoms with van der Waals surface area (Å²) in [5, 5.41) is 5.00. The van der Waals surface area contributed by atoms with Crippen LogP contribution in [0.2, 0.25) is 0 Å². The van der Waals surface area contributed by atoms with Gasteiger partial charge in [0.05, 0.1) is 18.7 Å². The molecule has 2 atom stereocenters. The molecule has 1 aliphatic rings. The molecule has 1 aliphatic carbocycles. The number of alkyl halides is 3. The van der Waals surface area contributed by atoms with E-state index >= 15 is 0 Å². The van der Waals surface area contributed by atoms with Gasteiger partial charge in [0.2, 0.25) is 11.8 Å². The fourth-order valence-corrected chi connectivity index (χ4v) is 2.56. The number of amides is 2. The van der Waals surface area contributed by atoms with Crippen LogP contribution >= 0.6 is 0 Å². The quantitative estimate of drug-likeness (QED) is 0.740. The van der Waals surface area contributed by atoms with Crippen LogP contribution in [0.3, 0.4) is 0 Å². The lowest BCUT2D eigenvalue weighted by molar-refractivity contribution is -0.138. The Morgan fingerprint density at radius 3 is 2.62 bits per heavy atom. The molecule has 2 unspecified atom stereocenters. The van der Waals surface area contributed by atoms with Crippen LogP contribution < -0.4 is 10.6 Å². The summed E-state index contributed by atoms with van der Waals surface area (Å²) in [6, 6.07) is 5.28. The van der Waals surface area contributed by atoms with Gasteiger partial charge < -0.3 is 15.4 Å². The zero-order chi connectivity index (χ0) is 17.7. The van der Waals surface area contributed by atoms with Crippen molar-refractivity contribution < 1.29 is 27.5 Å². The molecule has 1 aromatic rings. The van der Waals surface area contributed by atoms with Gasteiger partial charge in [-0.2, -0.15) is 13.2 Å². The van der Waals surface area contributed by atoms with Crippen molar-refractivity contribution >= 4 is 11.8 Å². The van der Waals surface area contributed by atoms with Crippen molar-refractivity contribution in [2.45, 2.75) is 18.5 Å². The Hall–Kier alpha value is -2.09. The van der Waals surface area contributed by atoms with Gasteiger partial charge in [-0.3, -0.25) is 9.59 Å². The maximum absolute atomic E-state index is 13.0. The summed E-state index contributed by atoms with van der Waals surface area (Å²) in [6.45, 7) is 0.488. The number of methoxy groups -OCH3 is 1. The normalized spacial score (nSPS) is 19.7. The highest BCUT2D eigenvalue weighted by Crippen LogP contribution is 2.50. The van der Waals surface area contributed by atoms with Gasteiger partial charge in [0.25, 0.3) is 0 Å². The molecule has 1 aromatic carbocycles. The second kappa shape index (κ2) is 7.65. The summed E-state index contributed by atoms with van der Waals surface area (Å²) in [5.41, 5.74) is -0.572. The van der Waals surface area contributed by atoms with Crippen molar-refractivity contribution in [2.75, 3.05) is 26.8 Å². The topological polar surface area (TPSA) is 67.4 Å². The standard InChI is InChI=1S/C16H19F3N2O3/c1-24-7-6-20-14(22)9-21-15(23)12-8-11(12)10-4-2-3-5-13(10)16(17,18)19/h2-5,11-12H,6-9H2,1H3,(H,20,22)(H,21,23). The fraction of sp³-hybridized carbons (Fsp3) is 0.500. The third kappa shape index (κ3) is 4.70. The Balaban J connectivity index is 1.87. The number of halogens is 3. The van der Waals surface area contributed by atoms with E-state index in [0.29, 0.717) is 19.6 Å². The highest BCUT2D eigenvalue weighted by Gasteiger charge is 2.47. The first kappa shape index (κ1) is 18.3. The van der Waals surface area contributed by atoms with Gasteiger partial charge in [-0.25, -0.2) is 0 Å². The zero-order valence-electron chi connectivity index (χ0n) is 13.2. The first-order chi connectivity index (χ1) is 11.3. The average molecular weight is 344 g/mol. The largest absolute Gasteiger partial charge is 0.416 e. The van der Waals surface area contributed by atoms with Crippen LogP contribution in [-0.2, 0) is 20.5 Å².